The Balaban J connectivity index is 1.38. The van der Waals surface area contributed by atoms with E-state index in [-0.39, 0.29) is 11.0 Å². The predicted octanol–water partition coefficient (Wildman–Crippen LogP) is 4.26. The summed E-state index contributed by atoms with van der Waals surface area (Å²) in [6, 6.07) is 20.3. The smallest absolute Gasteiger partial charge is 0.250 e. The molecule has 148 valence electrons. The van der Waals surface area contributed by atoms with Crippen molar-refractivity contribution in [2.45, 2.75) is 0 Å². The van der Waals surface area contributed by atoms with Crippen molar-refractivity contribution in [1.29, 1.82) is 0 Å². The van der Waals surface area contributed by atoms with Crippen LogP contribution < -0.4 is 20.1 Å². The highest BCUT2D eigenvalue weighted by atomic mass is 32.1. The van der Waals surface area contributed by atoms with Crippen LogP contribution in [0.1, 0.15) is 5.76 Å². The summed E-state index contributed by atoms with van der Waals surface area (Å²) in [6.07, 6.45) is 4.44. The highest BCUT2D eigenvalue weighted by Crippen LogP contribution is 2.16. The lowest BCUT2D eigenvalue weighted by atomic mass is 10.3. The number of furan rings is 1. The van der Waals surface area contributed by atoms with Gasteiger partial charge in [-0.25, -0.2) is 0 Å². The van der Waals surface area contributed by atoms with Crippen molar-refractivity contribution in [3.63, 3.8) is 0 Å². The normalized spacial score (nSPS) is 10.5. The molecule has 0 aliphatic heterocycles. The molecule has 6 nitrogen and oxygen atoms in total. The molecule has 0 bridgehead atoms. The largest absolute Gasteiger partial charge is 0.490 e. The van der Waals surface area contributed by atoms with E-state index in [1.807, 2.05) is 54.6 Å². The Morgan fingerprint density at radius 1 is 0.931 bits per heavy atom. The summed E-state index contributed by atoms with van der Waals surface area (Å²) >= 11 is 5.14. The number of thiocarbonyl (C=S) groups is 1. The molecule has 0 saturated carbocycles. The molecule has 1 heterocycles. The first-order valence-corrected chi connectivity index (χ1v) is 9.34. The van der Waals surface area contributed by atoms with Crippen molar-refractivity contribution in [1.82, 2.24) is 5.32 Å². The summed E-state index contributed by atoms with van der Waals surface area (Å²) in [5.74, 6) is 1.76. The average molecular weight is 408 g/mol. The van der Waals surface area contributed by atoms with Crippen LogP contribution in [0, 0.1) is 0 Å². The average Bonchev–Trinajstić information content (AvgIpc) is 3.25. The van der Waals surface area contributed by atoms with E-state index in [2.05, 4.69) is 10.6 Å². The van der Waals surface area contributed by atoms with Crippen molar-refractivity contribution in [2.24, 2.45) is 0 Å². The first-order chi connectivity index (χ1) is 14.2. The first-order valence-electron chi connectivity index (χ1n) is 8.93. The Morgan fingerprint density at radius 2 is 1.62 bits per heavy atom. The fourth-order valence-electron chi connectivity index (χ4n) is 2.33. The third-order valence-electron chi connectivity index (χ3n) is 3.66. The van der Waals surface area contributed by atoms with Gasteiger partial charge in [-0.3, -0.25) is 10.1 Å². The maximum absolute atomic E-state index is 11.8. The third-order valence-corrected chi connectivity index (χ3v) is 3.86. The fraction of sp³-hybridized carbons (Fsp3) is 0.0909. The summed E-state index contributed by atoms with van der Waals surface area (Å²) in [5, 5.41) is 5.71. The Labute approximate surface area is 174 Å². The van der Waals surface area contributed by atoms with Gasteiger partial charge in [0.15, 0.2) is 5.11 Å². The molecule has 0 aliphatic carbocycles. The second kappa shape index (κ2) is 10.7. The van der Waals surface area contributed by atoms with Gasteiger partial charge < -0.3 is 19.2 Å². The number of benzene rings is 2. The number of anilines is 1. The third kappa shape index (κ3) is 7.15. The molecular formula is C22H20N2O4S. The van der Waals surface area contributed by atoms with Crippen LogP contribution >= 0.6 is 12.2 Å². The minimum Gasteiger partial charge on any atom is -0.490 e. The molecule has 0 spiro atoms. The SMILES string of the molecule is O=C(/C=C/c1ccco1)NC(=S)Nc1ccc(OCCOc2ccccc2)cc1. The Morgan fingerprint density at radius 3 is 2.28 bits per heavy atom. The predicted molar refractivity (Wildman–Crippen MR) is 116 cm³/mol. The zero-order valence-electron chi connectivity index (χ0n) is 15.5. The maximum atomic E-state index is 11.8. The molecule has 2 aromatic carbocycles. The van der Waals surface area contributed by atoms with Crippen molar-refractivity contribution in [3.05, 3.63) is 84.8 Å². The molecule has 0 radical (unpaired) electrons. The van der Waals surface area contributed by atoms with Gasteiger partial charge in [-0.1, -0.05) is 18.2 Å². The molecule has 1 aromatic heterocycles. The molecule has 0 atom stereocenters. The minimum atomic E-state index is -0.350. The van der Waals surface area contributed by atoms with Gasteiger partial charge in [0.1, 0.15) is 30.5 Å². The second-order valence-electron chi connectivity index (χ2n) is 5.83. The number of ether oxygens (including phenoxy) is 2. The standard InChI is InChI=1S/C22H20N2O4S/c25-21(13-12-19-7-4-14-26-19)24-22(29)23-17-8-10-20(11-9-17)28-16-15-27-18-5-2-1-3-6-18/h1-14H,15-16H2,(H2,23,24,25,29)/b13-12+. The van der Waals surface area contributed by atoms with E-state index in [1.165, 1.54) is 12.3 Å². The van der Waals surface area contributed by atoms with Crippen LogP contribution in [-0.2, 0) is 4.79 Å². The molecule has 3 rings (SSSR count). The van der Waals surface area contributed by atoms with Crippen LogP contribution in [0.15, 0.2) is 83.5 Å². The number of hydrogen-bond donors (Lipinski definition) is 2. The zero-order valence-corrected chi connectivity index (χ0v) is 16.4. The molecule has 7 heteroatoms. The van der Waals surface area contributed by atoms with Crippen molar-refractivity contribution in [3.8, 4) is 11.5 Å². The number of amides is 1. The quantitative estimate of drug-likeness (QED) is 0.330. The van der Waals surface area contributed by atoms with E-state index in [1.54, 1.807) is 18.2 Å². The van der Waals surface area contributed by atoms with Crippen molar-refractivity contribution >= 4 is 35.0 Å². The summed E-state index contributed by atoms with van der Waals surface area (Å²) in [6.45, 7) is 0.879. The van der Waals surface area contributed by atoms with E-state index < -0.39 is 0 Å². The molecule has 0 unspecified atom stereocenters. The van der Waals surface area contributed by atoms with Gasteiger partial charge in [0.05, 0.1) is 6.26 Å². The van der Waals surface area contributed by atoms with Gasteiger partial charge >= 0.3 is 0 Å². The maximum Gasteiger partial charge on any atom is 0.250 e. The van der Waals surface area contributed by atoms with Gasteiger partial charge in [0.2, 0.25) is 5.91 Å². The summed E-state index contributed by atoms with van der Waals surface area (Å²) in [4.78, 5) is 11.8. The lowest BCUT2D eigenvalue weighted by molar-refractivity contribution is -0.115. The summed E-state index contributed by atoms with van der Waals surface area (Å²) < 4.78 is 16.3. The van der Waals surface area contributed by atoms with E-state index in [0.717, 1.165) is 11.4 Å². The number of carbonyl (C=O) groups is 1. The van der Waals surface area contributed by atoms with E-state index in [9.17, 15) is 4.79 Å². The molecule has 29 heavy (non-hydrogen) atoms. The molecule has 3 aromatic rings. The molecule has 0 aliphatic rings. The van der Waals surface area contributed by atoms with Crippen LogP contribution in [0.5, 0.6) is 11.5 Å². The van der Waals surface area contributed by atoms with Gasteiger partial charge in [-0.05, 0) is 66.8 Å². The first kappa shape index (κ1) is 20.2. The van der Waals surface area contributed by atoms with E-state index >= 15 is 0 Å². The van der Waals surface area contributed by atoms with Gasteiger partial charge in [0.25, 0.3) is 0 Å². The lowest BCUT2D eigenvalue weighted by Gasteiger charge is -2.10. The van der Waals surface area contributed by atoms with Crippen LogP contribution in [-0.4, -0.2) is 24.2 Å². The van der Waals surface area contributed by atoms with Crippen LogP contribution in [0.3, 0.4) is 0 Å². The second-order valence-corrected chi connectivity index (χ2v) is 6.23. The monoisotopic (exact) mass is 408 g/mol. The Kier molecular flexibility index (Phi) is 7.42. The van der Waals surface area contributed by atoms with Crippen LogP contribution in [0.4, 0.5) is 5.69 Å². The van der Waals surface area contributed by atoms with Gasteiger partial charge in [0, 0.05) is 11.8 Å². The summed E-state index contributed by atoms with van der Waals surface area (Å²) in [7, 11) is 0. The van der Waals surface area contributed by atoms with Crippen molar-refractivity contribution in [2.75, 3.05) is 18.5 Å². The van der Waals surface area contributed by atoms with E-state index in [4.69, 9.17) is 26.1 Å². The molecule has 2 N–H and O–H groups in total. The molecule has 0 fully saturated rings. The Bertz CT molecular complexity index is 939. The molecule has 1 amide bonds. The minimum absolute atomic E-state index is 0.198. The number of rotatable bonds is 8. The molecular weight excluding hydrogens is 388 g/mol. The summed E-state index contributed by atoms with van der Waals surface area (Å²) in [5.41, 5.74) is 0.734. The number of para-hydroxylation sites is 1. The van der Waals surface area contributed by atoms with Gasteiger partial charge in [-0.15, -0.1) is 0 Å². The topological polar surface area (TPSA) is 72.7 Å². The van der Waals surface area contributed by atoms with Crippen molar-refractivity contribution < 1.29 is 18.7 Å². The van der Waals surface area contributed by atoms with Crippen LogP contribution in [0.25, 0.3) is 6.08 Å². The number of carbonyl (C=O) groups excluding carboxylic acids is 1. The fourth-order valence-corrected chi connectivity index (χ4v) is 2.55. The number of nitrogens with one attached hydrogen (secondary N) is 2. The highest BCUT2D eigenvalue weighted by Gasteiger charge is 2.03. The number of hydrogen-bond acceptors (Lipinski definition) is 5. The molecule has 0 saturated heterocycles. The zero-order chi connectivity index (χ0) is 20.3. The van der Waals surface area contributed by atoms with Crippen LogP contribution in [0.2, 0.25) is 0 Å². The lowest BCUT2D eigenvalue weighted by Crippen LogP contribution is -2.32. The van der Waals surface area contributed by atoms with E-state index in [0.29, 0.717) is 24.7 Å². The van der Waals surface area contributed by atoms with Gasteiger partial charge in [-0.2, -0.15) is 0 Å². The highest BCUT2D eigenvalue weighted by molar-refractivity contribution is 7.80. The Hall–Kier alpha value is -3.58.